The third-order valence-electron chi connectivity index (χ3n) is 4.82. The lowest BCUT2D eigenvalue weighted by atomic mass is 9.78. The molecule has 1 unspecified atom stereocenters. The summed E-state index contributed by atoms with van der Waals surface area (Å²) in [7, 11) is 0. The molecule has 3 aliphatic heterocycles. The summed E-state index contributed by atoms with van der Waals surface area (Å²) in [4.78, 5) is 23.2. The van der Waals surface area contributed by atoms with Gasteiger partial charge in [-0.2, -0.15) is 0 Å². The molecule has 4 nitrogen and oxygen atoms in total. The van der Waals surface area contributed by atoms with Crippen LogP contribution in [-0.2, 0) is 6.42 Å². The number of carbonyl (C=O) groups excluding carboxylic acids is 1. The molecule has 3 fully saturated rings. The van der Waals surface area contributed by atoms with Gasteiger partial charge in [0.2, 0.25) is 0 Å². The van der Waals surface area contributed by atoms with Gasteiger partial charge in [0.25, 0.3) is 0 Å². The van der Waals surface area contributed by atoms with Gasteiger partial charge in [-0.3, -0.25) is 14.6 Å². The Kier molecular flexibility index (Phi) is 2.81. The number of nitrogens with zero attached hydrogens (tertiary/aromatic N) is 3. The van der Waals surface area contributed by atoms with Gasteiger partial charge in [-0.15, -0.1) is 11.3 Å². The van der Waals surface area contributed by atoms with Gasteiger partial charge in [-0.25, -0.2) is 4.98 Å². The quantitative estimate of drug-likeness (QED) is 0.792. The lowest BCUT2D eigenvalue weighted by Crippen LogP contribution is -2.56. The maximum atomic E-state index is 12.3. The van der Waals surface area contributed by atoms with Crippen LogP contribution >= 0.6 is 11.3 Å². The van der Waals surface area contributed by atoms with Crippen LogP contribution in [0.15, 0.2) is 0 Å². The second-order valence-electron chi connectivity index (χ2n) is 7.12. The molecule has 0 radical (unpaired) electrons. The largest absolute Gasteiger partial charge is 0.299 e. The van der Waals surface area contributed by atoms with E-state index in [-0.39, 0.29) is 5.41 Å². The predicted molar refractivity (Wildman–Crippen MR) is 79.3 cm³/mol. The molecule has 0 saturated carbocycles. The van der Waals surface area contributed by atoms with Crippen molar-refractivity contribution in [3.63, 3.8) is 0 Å². The maximum absolute atomic E-state index is 12.3. The summed E-state index contributed by atoms with van der Waals surface area (Å²) in [5, 5.41) is 1.17. The van der Waals surface area contributed by atoms with Crippen molar-refractivity contribution in [2.45, 2.75) is 32.7 Å². The number of carbonyl (C=O) groups is 1. The number of piperazine rings is 3. The Bertz CT molecular complexity index is 557. The fourth-order valence-corrected chi connectivity index (χ4v) is 4.88. The fourth-order valence-electron chi connectivity index (χ4n) is 3.73. The minimum absolute atomic E-state index is 0.0742. The molecule has 0 aromatic carbocycles. The molecule has 1 aromatic heterocycles. The van der Waals surface area contributed by atoms with Crippen LogP contribution < -0.4 is 0 Å². The number of aromatic nitrogens is 1. The average Bonchev–Trinajstić information content (AvgIpc) is 2.82. The van der Waals surface area contributed by atoms with E-state index in [1.54, 1.807) is 11.3 Å². The van der Waals surface area contributed by atoms with Gasteiger partial charge in [0, 0.05) is 39.1 Å². The van der Waals surface area contributed by atoms with Crippen molar-refractivity contribution >= 4 is 17.1 Å². The molecule has 3 saturated heterocycles. The van der Waals surface area contributed by atoms with Gasteiger partial charge in [-0.05, 0) is 11.8 Å². The number of hydrogen-bond acceptors (Lipinski definition) is 5. The molecule has 4 heterocycles. The van der Waals surface area contributed by atoms with E-state index >= 15 is 0 Å². The van der Waals surface area contributed by atoms with Crippen molar-refractivity contribution < 1.29 is 4.79 Å². The van der Waals surface area contributed by atoms with Crippen LogP contribution in [0.4, 0.5) is 0 Å². The molecule has 1 aliphatic carbocycles. The molecular formula is C15H21N3OS. The number of ketones is 1. The third kappa shape index (κ3) is 2.03. The minimum atomic E-state index is 0.0742. The van der Waals surface area contributed by atoms with E-state index < -0.39 is 0 Å². The Morgan fingerprint density at radius 1 is 1.20 bits per heavy atom. The summed E-state index contributed by atoms with van der Waals surface area (Å²) in [6, 6.07) is 0.420. The predicted octanol–water partition coefficient (Wildman–Crippen LogP) is 1.97. The SMILES string of the molecule is CC1(C)CC(=O)c2sc(C3CN4CCN3CC4)nc2C1. The first-order valence-corrected chi connectivity index (χ1v) is 8.33. The van der Waals surface area contributed by atoms with Crippen molar-refractivity contribution in [1.29, 1.82) is 0 Å². The highest BCUT2D eigenvalue weighted by atomic mass is 32.1. The Balaban J connectivity index is 1.67. The first kappa shape index (κ1) is 12.9. The standard InChI is InChI=1S/C15H21N3OS/c1-15(2)7-10-13(12(19)8-15)20-14(16-10)11-9-17-3-5-18(11)6-4-17/h11H,3-9H2,1-2H3. The normalized spacial score (nSPS) is 35.1. The summed E-state index contributed by atoms with van der Waals surface area (Å²) in [5.41, 5.74) is 1.13. The number of thiazole rings is 1. The Labute approximate surface area is 123 Å². The van der Waals surface area contributed by atoms with Gasteiger partial charge in [0.1, 0.15) is 5.01 Å². The van der Waals surface area contributed by atoms with E-state index in [1.165, 1.54) is 18.1 Å². The molecule has 4 aliphatic rings. The van der Waals surface area contributed by atoms with Crippen LogP contribution in [-0.4, -0.2) is 53.3 Å². The first-order chi connectivity index (χ1) is 9.52. The second kappa shape index (κ2) is 4.36. The highest BCUT2D eigenvalue weighted by Gasteiger charge is 2.38. The van der Waals surface area contributed by atoms with Gasteiger partial charge in [-0.1, -0.05) is 13.8 Å². The molecule has 1 aromatic rings. The zero-order valence-electron chi connectivity index (χ0n) is 12.2. The molecule has 0 N–H and O–H groups in total. The van der Waals surface area contributed by atoms with Crippen LogP contribution in [0.3, 0.4) is 0 Å². The van der Waals surface area contributed by atoms with E-state index in [4.69, 9.17) is 4.98 Å². The van der Waals surface area contributed by atoms with Crippen LogP contribution in [0.1, 0.15) is 46.7 Å². The molecule has 5 heteroatoms. The molecule has 20 heavy (non-hydrogen) atoms. The minimum Gasteiger partial charge on any atom is -0.299 e. The smallest absolute Gasteiger partial charge is 0.175 e. The lowest BCUT2D eigenvalue weighted by Gasteiger charge is -2.46. The van der Waals surface area contributed by atoms with Crippen molar-refractivity contribution in [3.8, 4) is 0 Å². The molecular weight excluding hydrogens is 270 g/mol. The van der Waals surface area contributed by atoms with Gasteiger partial charge in [0.05, 0.1) is 16.6 Å². The average molecular weight is 291 g/mol. The summed E-state index contributed by atoms with van der Waals surface area (Å²) >= 11 is 1.66. The zero-order chi connectivity index (χ0) is 13.9. The van der Waals surface area contributed by atoms with E-state index in [1.807, 2.05) is 0 Å². The summed E-state index contributed by atoms with van der Waals surface area (Å²) in [6.45, 7) is 10.1. The third-order valence-corrected chi connectivity index (χ3v) is 6.06. The first-order valence-electron chi connectivity index (χ1n) is 7.51. The van der Waals surface area contributed by atoms with Crippen molar-refractivity contribution in [2.24, 2.45) is 5.41 Å². The van der Waals surface area contributed by atoms with Crippen LogP contribution in [0, 0.1) is 5.41 Å². The molecule has 108 valence electrons. The van der Waals surface area contributed by atoms with Gasteiger partial charge < -0.3 is 0 Å². The summed E-state index contributed by atoms with van der Waals surface area (Å²) < 4.78 is 0. The second-order valence-corrected chi connectivity index (χ2v) is 8.15. The summed E-state index contributed by atoms with van der Waals surface area (Å²) in [6.07, 6.45) is 1.61. The lowest BCUT2D eigenvalue weighted by molar-refractivity contribution is 0.0122. The van der Waals surface area contributed by atoms with Crippen LogP contribution in [0.2, 0.25) is 0 Å². The van der Waals surface area contributed by atoms with E-state index in [9.17, 15) is 4.79 Å². The van der Waals surface area contributed by atoms with Crippen molar-refractivity contribution in [1.82, 2.24) is 14.8 Å². The maximum Gasteiger partial charge on any atom is 0.175 e. The van der Waals surface area contributed by atoms with Crippen molar-refractivity contribution in [2.75, 3.05) is 32.7 Å². The van der Waals surface area contributed by atoms with Gasteiger partial charge >= 0.3 is 0 Å². The Hall–Kier alpha value is -0.780. The van der Waals surface area contributed by atoms with Gasteiger partial charge in [0.15, 0.2) is 5.78 Å². The van der Waals surface area contributed by atoms with Crippen LogP contribution in [0.5, 0.6) is 0 Å². The fraction of sp³-hybridized carbons (Fsp3) is 0.733. The van der Waals surface area contributed by atoms with Crippen molar-refractivity contribution in [3.05, 3.63) is 15.6 Å². The molecule has 5 rings (SSSR count). The zero-order valence-corrected chi connectivity index (χ0v) is 13.0. The Morgan fingerprint density at radius 3 is 2.60 bits per heavy atom. The number of fused-ring (bicyclic) bond motifs is 4. The molecule has 0 amide bonds. The highest BCUT2D eigenvalue weighted by molar-refractivity contribution is 7.14. The molecule has 1 atom stereocenters. The van der Waals surface area contributed by atoms with E-state index in [2.05, 4.69) is 23.6 Å². The molecule has 2 bridgehead atoms. The molecule has 0 spiro atoms. The topological polar surface area (TPSA) is 36.4 Å². The van der Waals surface area contributed by atoms with E-state index in [0.29, 0.717) is 18.2 Å². The highest BCUT2D eigenvalue weighted by Crippen LogP contribution is 2.40. The summed E-state index contributed by atoms with van der Waals surface area (Å²) in [5.74, 6) is 0.302. The van der Waals surface area contributed by atoms with E-state index in [0.717, 1.165) is 36.6 Å². The monoisotopic (exact) mass is 291 g/mol. The van der Waals surface area contributed by atoms with Crippen LogP contribution in [0.25, 0.3) is 0 Å². The number of hydrogen-bond donors (Lipinski definition) is 0. The Morgan fingerprint density at radius 2 is 1.95 bits per heavy atom. The number of rotatable bonds is 1. The number of Topliss-reactive ketones (excluding diaryl/α,β-unsaturated/α-hetero) is 1.